The molecule has 2 fully saturated rings. The molecule has 1 aliphatic carbocycles. The van der Waals surface area contributed by atoms with Gasteiger partial charge in [0.05, 0.1) is 11.6 Å². The van der Waals surface area contributed by atoms with Gasteiger partial charge in [-0.2, -0.15) is 0 Å². The lowest BCUT2D eigenvalue weighted by atomic mass is 9.75. The maximum Gasteiger partial charge on any atom is 0.266 e. The fourth-order valence-corrected chi connectivity index (χ4v) is 4.03. The van der Waals surface area contributed by atoms with Crippen molar-refractivity contribution in [3.63, 3.8) is 0 Å². The highest BCUT2D eigenvalue weighted by molar-refractivity contribution is 7.71. The Hall–Kier alpha value is -1.66. The number of likely N-dealkylation sites (tertiary alicyclic amines) is 1. The Labute approximate surface area is 132 Å². The van der Waals surface area contributed by atoms with Crippen molar-refractivity contribution in [2.24, 2.45) is 11.8 Å². The SMILES string of the molecule is O=C(c1ccc2[nH]c(=S)oc2c1)N1CC2CCCC(C1)C2O. The van der Waals surface area contributed by atoms with Crippen LogP contribution in [0, 0.1) is 16.7 Å². The third-order valence-electron chi connectivity index (χ3n) is 4.98. The molecule has 2 aliphatic rings. The van der Waals surface area contributed by atoms with Crippen molar-refractivity contribution in [2.75, 3.05) is 13.1 Å². The number of piperidine rings is 1. The fraction of sp³-hybridized carbons (Fsp3) is 0.500. The highest BCUT2D eigenvalue weighted by Crippen LogP contribution is 2.35. The van der Waals surface area contributed by atoms with E-state index in [4.69, 9.17) is 16.6 Å². The summed E-state index contributed by atoms with van der Waals surface area (Å²) in [7, 11) is 0. The normalized spacial score (nSPS) is 28.0. The van der Waals surface area contributed by atoms with Crippen LogP contribution in [0.25, 0.3) is 11.1 Å². The fourth-order valence-electron chi connectivity index (χ4n) is 3.83. The summed E-state index contributed by atoms with van der Waals surface area (Å²) in [6.07, 6.45) is 2.92. The summed E-state index contributed by atoms with van der Waals surface area (Å²) in [4.78, 5) is 17.9. The Morgan fingerprint density at radius 1 is 1.32 bits per heavy atom. The minimum Gasteiger partial charge on any atom is -0.429 e. The highest BCUT2D eigenvalue weighted by atomic mass is 32.1. The van der Waals surface area contributed by atoms with Gasteiger partial charge in [0, 0.05) is 30.5 Å². The molecular formula is C16H18N2O3S. The van der Waals surface area contributed by atoms with E-state index in [1.165, 1.54) is 0 Å². The van der Waals surface area contributed by atoms with Gasteiger partial charge in [-0.1, -0.05) is 6.42 Å². The predicted octanol–water partition coefficient (Wildman–Crippen LogP) is 2.72. The molecule has 2 unspecified atom stereocenters. The van der Waals surface area contributed by atoms with E-state index in [0.29, 0.717) is 29.1 Å². The van der Waals surface area contributed by atoms with Crippen molar-refractivity contribution < 1.29 is 14.3 Å². The first-order chi connectivity index (χ1) is 10.6. The molecule has 2 aromatic rings. The molecule has 116 valence electrons. The van der Waals surface area contributed by atoms with Crippen LogP contribution in [-0.2, 0) is 0 Å². The summed E-state index contributed by atoms with van der Waals surface area (Å²) in [6.45, 7) is 1.29. The first-order valence-electron chi connectivity index (χ1n) is 7.72. The van der Waals surface area contributed by atoms with Gasteiger partial charge >= 0.3 is 0 Å². The van der Waals surface area contributed by atoms with Crippen LogP contribution in [0.4, 0.5) is 0 Å². The Bertz CT molecular complexity index is 767. The van der Waals surface area contributed by atoms with Gasteiger partial charge in [0.1, 0.15) is 0 Å². The zero-order valence-electron chi connectivity index (χ0n) is 12.1. The van der Waals surface area contributed by atoms with Crippen molar-refractivity contribution in [3.8, 4) is 0 Å². The number of aromatic nitrogens is 1. The van der Waals surface area contributed by atoms with E-state index >= 15 is 0 Å². The second-order valence-electron chi connectivity index (χ2n) is 6.38. The maximum atomic E-state index is 12.8. The number of amides is 1. The molecule has 1 aliphatic heterocycles. The molecule has 5 nitrogen and oxygen atoms in total. The lowest BCUT2D eigenvalue weighted by molar-refractivity contribution is -0.0412. The highest BCUT2D eigenvalue weighted by Gasteiger charge is 2.39. The van der Waals surface area contributed by atoms with Gasteiger partial charge in [0.25, 0.3) is 10.7 Å². The monoisotopic (exact) mass is 318 g/mol. The van der Waals surface area contributed by atoms with Crippen molar-refractivity contribution in [2.45, 2.75) is 25.4 Å². The van der Waals surface area contributed by atoms with Crippen LogP contribution < -0.4 is 0 Å². The van der Waals surface area contributed by atoms with Crippen LogP contribution in [0.2, 0.25) is 0 Å². The molecule has 1 aromatic carbocycles. The molecule has 2 heterocycles. The van der Waals surface area contributed by atoms with Crippen LogP contribution >= 0.6 is 12.2 Å². The molecular weight excluding hydrogens is 300 g/mol. The quantitative estimate of drug-likeness (QED) is 0.793. The van der Waals surface area contributed by atoms with Gasteiger partial charge in [-0.3, -0.25) is 4.79 Å². The molecule has 0 spiro atoms. The molecule has 1 amide bonds. The van der Waals surface area contributed by atoms with Crippen molar-refractivity contribution in [3.05, 3.63) is 28.6 Å². The number of aliphatic hydroxyl groups is 1. The van der Waals surface area contributed by atoms with Crippen molar-refractivity contribution in [1.82, 2.24) is 9.88 Å². The summed E-state index contributed by atoms with van der Waals surface area (Å²) in [6, 6.07) is 5.36. The second kappa shape index (κ2) is 5.21. The van der Waals surface area contributed by atoms with Gasteiger partial charge < -0.3 is 19.4 Å². The summed E-state index contributed by atoms with van der Waals surface area (Å²) in [5.74, 6) is 0.445. The standard InChI is InChI=1S/C16H18N2O3S/c19-14-10-2-1-3-11(14)8-18(7-10)15(20)9-4-5-12-13(6-9)21-16(22)17-12/h4-6,10-11,14,19H,1-3,7-8H2,(H,17,22). The van der Waals surface area contributed by atoms with Crippen molar-refractivity contribution in [1.29, 1.82) is 0 Å². The van der Waals surface area contributed by atoms with E-state index < -0.39 is 0 Å². The smallest absolute Gasteiger partial charge is 0.266 e. The minimum atomic E-state index is -0.247. The number of H-pyrrole nitrogens is 1. The number of fused-ring (bicyclic) bond motifs is 3. The van der Waals surface area contributed by atoms with E-state index in [9.17, 15) is 9.90 Å². The number of carbonyl (C=O) groups is 1. The van der Waals surface area contributed by atoms with Crippen molar-refractivity contribution >= 4 is 29.2 Å². The Balaban J connectivity index is 1.61. The van der Waals surface area contributed by atoms with Crippen LogP contribution in [0.5, 0.6) is 0 Å². The number of rotatable bonds is 1. The summed E-state index contributed by atoms with van der Waals surface area (Å²) < 4.78 is 5.39. The van der Waals surface area contributed by atoms with Gasteiger partial charge in [0.2, 0.25) is 0 Å². The van der Waals surface area contributed by atoms with Gasteiger partial charge in [0.15, 0.2) is 5.58 Å². The average molecular weight is 318 g/mol. The lowest BCUT2D eigenvalue weighted by Crippen LogP contribution is -2.53. The van der Waals surface area contributed by atoms with E-state index in [1.807, 2.05) is 11.0 Å². The maximum absolute atomic E-state index is 12.8. The van der Waals surface area contributed by atoms with Gasteiger partial charge in [-0.25, -0.2) is 0 Å². The molecule has 4 rings (SSSR count). The Kier molecular flexibility index (Phi) is 3.31. The molecule has 0 radical (unpaired) electrons. The number of nitrogens with one attached hydrogen (secondary N) is 1. The van der Waals surface area contributed by atoms with Gasteiger partial charge in [-0.05, 0) is 43.3 Å². The minimum absolute atomic E-state index is 0.00742. The Morgan fingerprint density at radius 2 is 2.05 bits per heavy atom. The molecule has 2 N–H and O–H groups in total. The Morgan fingerprint density at radius 3 is 2.77 bits per heavy atom. The molecule has 22 heavy (non-hydrogen) atoms. The third-order valence-corrected chi connectivity index (χ3v) is 5.17. The predicted molar refractivity (Wildman–Crippen MR) is 84.1 cm³/mol. The zero-order valence-corrected chi connectivity index (χ0v) is 12.9. The number of hydrogen-bond donors (Lipinski definition) is 2. The molecule has 1 saturated heterocycles. The number of hydrogen-bond acceptors (Lipinski definition) is 4. The summed E-state index contributed by atoms with van der Waals surface area (Å²) >= 11 is 4.97. The molecule has 1 aromatic heterocycles. The number of carbonyl (C=O) groups excluding carboxylic acids is 1. The third kappa shape index (κ3) is 2.27. The summed E-state index contributed by atoms with van der Waals surface area (Å²) in [5, 5.41) is 10.2. The molecule has 6 heteroatoms. The largest absolute Gasteiger partial charge is 0.429 e. The van der Waals surface area contributed by atoms with Crippen LogP contribution in [0.15, 0.2) is 22.6 Å². The average Bonchev–Trinajstić information content (AvgIpc) is 2.85. The molecule has 1 saturated carbocycles. The summed E-state index contributed by atoms with van der Waals surface area (Å²) in [5.41, 5.74) is 2.01. The zero-order chi connectivity index (χ0) is 15.3. The number of nitrogens with zero attached hydrogens (tertiary/aromatic N) is 1. The van der Waals surface area contributed by atoms with Gasteiger partial charge in [-0.15, -0.1) is 0 Å². The second-order valence-corrected chi connectivity index (χ2v) is 6.75. The number of oxazole rings is 1. The number of benzene rings is 1. The number of aliphatic hydroxyl groups excluding tert-OH is 1. The topological polar surface area (TPSA) is 69.5 Å². The van der Waals surface area contributed by atoms with E-state index in [1.54, 1.807) is 12.1 Å². The number of aromatic amines is 1. The molecule has 2 bridgehead atoms. The van der Waals surface area contributed by atoms with E-state index in [-0.39, 0.29) is 23.8 Å². The lowest BCUT2D eigenvalue weighted by Gasteiger charge is -2.45. The van der Waals surface area contributed by atoms with Crippen LogP contribution in [0.1, 0.15) is 29.6 Å². The van der Waals surface area contributed by atoms with Crippen LogP contribution in [0.3, 0.4) is 0 Å². The first kappa shape index (κ1) is 14.0. The van der Waals surface area contributed by atoms with E-state index in [2.05, 4.69) is 4.98 Å². The van der Waals surface area contributed by atoms with Crippen LogP contribution in [-0.4, -0.2) is 40.1 Å². The first-order valence-corrected chi connectivity index (χ1v) is 8.13. The molecule has 2 atom stereocenters. The van der Waals surface area contributed by atoms with E-state index in [0.717, 1.165) is 24.8 Å².